The molecule has 0 spiro atoms. The van der Waals surface area contributed by atoms with Crippen LogP contribution in [0.25, 0.3) is 0 Å². The maximum Gasteiger partial charge on any atom is 0.0809 e. The van der Waals surface area contributed by atoms with E-state index in [0.29, 0.717) is 6.10 Å². The van der Waals surface area contributed by atoms with E-state index in [4.69, 9.17) is 9.47 Å². The van der Waals surface area contributed by atoms with Gasteiger partial charge in [-0.3, -0.25) is 0 Å². The Bertz CT molecular complexity index is 184. The average molecular weight is 213 g/mol. The first kappa shape index (κ1) is 11.4. The molecular formula is C12H23NO2. The summed E-state index contributed by atoms with van der Waals surface area (Å²) in [6.07, 6.45) is 7.69. The van der Waals surface area contributed by atoms with Gasteiger partial charge in [0.25, 0.3) is 0 Å². The molecule has 3 nitrogen and oxygen atoms in total. The van der Waals surface area contributed by atoms with Crippen molar-refractivity contribution in [1.82, 2.24) is 5.32 Å². The highest BCUT2D eigenvalue weighted by molar-refractivity contribution is 4.89. The van der Waals surface area contributed by atoms with Gasteiger partial charge >= 0.3 is 0 Å². The lowest BCUT2D eigenvalue weighted by Gasteiger charge is -2.35. The second-order valence-electron chi connectivity index (χ2n) is 4.85. The van der Waals surface area contributed by atoms with E-state index in [2.05, 4.69) is 5.32 Å². The SMILES string of the molecule is CNCC1(OC2CCOCC2)CCCC1. The van der Waals surface area contributed by atoms with E-state index in [-0.39, 0.29) is 5.60 Å². The van der Waals surface area contributed by atoms with Crippen LogP contribution >= 0.6 is 0 Å². The van der Waals surface area contributed by atoms with E-state index in [9.17, 15) is 0 Å². The Kier molecular flexibility index (Phi) is 4.00. The van der Waals surface area contributed by atoms with Crippen LogP contribution in [0.2, 0.25) is 0 Å². The molecule has 1 aliphatic heterocycles. The van der Waals surface area contributed by atoms with Crippen LogP contribution in [0.5, 0.6) is 0 Å². The van der Waals surface area contributed by atoms with Crippen LogP contribution in [0.4, 0.5) is 0 Å². The lowest BCUT2D eigenvalue weighted by molar-refractivity contribution is -0.121. The Hall–Kier alpha value is -0.120. The summed E-state index contributed by atoms with van der Waals surface area (Å²) in [5.41, 5.74) is 0.136. The van der Waals surface area contributed by atoms with Gasteiger partial charge in [0.15, 0.2) is 0 Å². The molecule has 1 N–H and O–H groups in total. The fourth-order valence-electron chi connectivity index (χ4n) is 2.83. The fourth-order valence-corrected chi connectivity index (χ4v) is 2.83. The van der Waals surface area contributed by atoms with Crippen molar-refractivity contribution in [3.05, 3.63) is 0 Å². The Morgan fingerprint density at radius 2 is 1.93 bits per heavy atom. The number of ether oxygens (including phenoxy) is 2. The van der Waals surface area contributed by atoms with Gasteiger partial charge in [-0.25, -0.2) is 0 Å². The normalized spacial score (nSPS) is 27.0. The number of rotatable bonds is 4. The molecule has 2 fully saturated rings. The van der Waals surface area contributed by atoms with E-state index < -0.39 is 0 Å². The van der Waals surface area contributed by atoms with Gasteiger partial charge in [0.1, 0.15) is 0 Å². The van der Waals surface area contributed by atoms with Crippen molar-refractivity contribution in [1.29, 1.82) is 0 Å². The van der Waals surface area contributed by atoms with Crippen LogP contribution in [0.3, 0.4) is 0 Å². The van der Waals surface area contributed by atoms with Crippen LogP contribution in [0, 0.1) is 0 Å². The van der Waals surface area contributed by atoms with E-state index in [1.807, 2.05) is 7.05 Å². The molecule has 15 heavy (non-hydrogen) atoms. The molecule has 0 bridgehead atoms. The molecule has 2 rings (SSSR count). The standard InChI is InChI=1S/C12H23NO2/c1-13-10-12(6-2-3-7-12)15-11-4-8-14-9-5-11/h11,13H,2-10H2,1H3. The van der Waals surface area contributed by atoms with Crippen molar-refractivity contribution in [3.8, 4) is 0 Å². The third kappa shape index (κ3) is 2.92. The Morgan fingerprint density at radius 1 is 1.27 bits per heavy atom. The predicted molar refractivity (Wildman–Crippen MR) is 60.1 cm³/mol. The van der Waals surface area contributed by atoms with E-state index >= 15 is 0 Å². The van der Waals surface area contributed by atoms with Crippen LogP contribution in [0.1, 0.15) is 38.5 Å². The molecule has 0 atom stereocenters. The Morgan fingerprint density at radius 3 is 2.53 bits per heavy atom. The van der Waals surface area contributed by atoms with Gasteiger partial charge in [0, 0.05) is 19.8 Å². The quantitative estimate of drug-likeness (QED) is 0.771. The molecular weight excluding hydrogens is 190 g/mol. The molecule has 0 radical (unpaired) electrons. The summed E-state index contributed by atoms with van der Waals surface area (Å²) in [4.78, 5) is 0. The smallest absolute Gasteiger partial charge is 0.0809 e. The molecule has 1 aliphatic carbocycles. The van der Waals surface area contributed by atoms with Crippen molar-refractivity contribution in [2.75, 3.05) is 26.8 Å². The first-order valence-corrected chi connectivity index (χ1v) is 6.25. The van der Waals surface area contributed by atoms with Crippen molar-refractivity contribution in [3.63, 3.8) is 0 Å². The number of hydrogen-bond donors (Lipinski definition) is 1. The Labute approximate surface area is 92.5 Å². The van der Waals surface area contributed by atoms with Crippen molar-refractivity contribution < 1.29 is 9.47 Å². The van der Waals surface area contributed by atoms with E-state index in [0.717, 1.165) is 32.6 Å². The first-order valence-electron chi connectivity index (χ1n) is 6.25. The molecule has 0 unspecified atom stereocenters. The van der Waals surface area contributed by atoms with Crippen LogP contribution in [-0.4, -0.2) is 38.5 Å². The minimum Gasteiger partial charge on any atom is -0.381 e. The molecule has 3 heteroatoms. The third-order valence-electron chi connectivity index (χ3n) is 3.60. The summed E-state index contributed by atoms with van der Waals surface area (Å²) in [5, 5.41) is 3.28. The predicted octanol–water partition coefficient (Wildman–Crippen LogP) is 1.71. The van der Waals surface area contributed by atoms with Crippen LogP contribution in [0.15, 0.2) is 0 Å². The number of nitrogens with one attached hydrogen (secondary N) is 1. The lowest BCUT2D eigenvalue weighted by Crippen LogP contribution is -2.43. The maximum absolute atomic E-state index is 6.34. The van der Waals surface area contributed by atoms with Crippen LogP contribution in [-0.2, 0) is 9.47 Å². The molecule has 0 aromatic carbocycles. The highest BCUT2D eigenvalue weighted by Crippen LogP contribution is 2.35. The summed E-state index contributed by atoms with van der Waals surface area (Å²) in [7, 11) is 2.02. The Balaban J connectivity index is 1.87. The van der Waals surface area contributed by atoms with Gasteiger partial charge in [-0.2, -0.15) is 0 Å². The summed E-state index contributed by atoms with van der Waals surface area (Å²) in [6.45, 7) is 2.75. The molecule has 88 valence electrons. The largest absolute Gasteiger partial charge is 0.381 e. The number of hydrogen-bond acceptors (Lipinski definition) is 3. The molecule has 1 saturated carbocycles. The van der Waals surface area contributed by atoms with Crippen LogP contribution < -0.4 is 5.32 Å². The highest BCUT2D eigenvalue weighted by atomic mass is 16.5. The number of likely N-dealkylation sites (N-methyl/N-ethyl adjacent to an activating group) is 1. The zero-order chi connectivity index (χ0) is 10.6. The molecule has 0 aromatic rings. The third-order valence-corrected chi connectivity index (χ3v) is 3.60. The second-order valence-corrected chi connectivity index (χ2v) is 4.85. The van der Waals surface area contributed by atoms with Crippen molar-refractivity contribution in [2.24, 2.45) is 0 Å². The monoisotopic (exact) mass is 213 g/mol. The highest BCUT2D eigenvalue weighted by Gasteiger charge is 2.36. The molecule has 1 heterocycles. The second kappa shape index (κ2) is 5.28. The maximum atomic E-state index is 6.34. The molecule has 1 saturated heterocycles. The minimum atomic E-state index is 0.136. The van der Waals surface area contributed by atoms with Gasteiger partial charge in [0.05, 0.1) is 11.7 Å². The van der Waals surface area contributed by atoms with Gasteiger partial charge < -0.3 is 14.8 Å². The van der Waals surface area contributed by atoms with Crippen molar-refractivity contribution in [2.45, 2.75) is 50.2 Å². The average Bonchev–Trinajstić information content (AvgIpc) is 2.69. The summed E-state index contributed by atoms with van der Waals surface area (Å²) >= 11 is 0. The topological polar surface area (TPSA) is 30.5 Å². The zero-order valence-corrected chi connectivity index (χ0v) is 9.76. The lowest BCUT2D eigenvalue weighted by atomic mass is 10.0. The van der Waals surface area contributed by atoms with Gasteiger partial charge in [-0.1, -0.05) is 12.8 Å². The molecule has 0 aromatic heterocycles. The van der Waals surface area contributed by atoms with Crippen molar-refractivity contribution >= 4 is 0 Å². The molecule has 2 aliphatic rings. The summed E-state index contributed by atoms with van der Waals surface area (Å²) in [5.74, 6) is 0. The summed E-state index contributed by atoms with van der Waals surface area (Å²) < 4.78 is 11.7. The zero-order valence-electron chi connectivity index (χ0n) is 9.76. The first-order chi connectivity index (χ1) is 7.35. The van der Waals surface area contributed by atoms with Gasteiger partial charge in [0.2, 0.25) is 0 Å². The van der Waals surface area contributed by atoms with Gasteiger partial charge in [-0.05, 0) is 32.7 Å². The van der Waals surface area contributed by atoms with E-state index in [1.165, 1.54) is 25.7 Å². The summed E-state index contributed by atoms with van der Waals surface area (Å²) in [6, 6.07) is 0. The minimum absolute atomic E-state index is 0.136. The fraction of sp³-hybridized carbons (Fsp3) is 1.00. The van der Waals surface area contributed by atoms with E-state index in [1.54, 1.807) is 0 Å². The van der Waals surface area contributed by atoms with Gasteiger partial charge in [-0.15, -0.1) is 0 Å². The molecule has 0 amide bonds.